The van der Waals surface area contributed by atoms with E-state index in [1.54, 1.807) is 60.8 Å². The Morgan fingerprint density at radius 3 is 2.37 bits per heavy atom. The number of phenols is 1. The first-order chi connectivity index (χ1) is 18.3. The summed E-state index contributed by atoms with van der Waals surface area (Å²) in [6.07, 6.45) is 1.59. The van der Waals surface area contributed by atoms with Gasteiger partial charge in [-0.05, 0) is 47.5 Å². The third kappa shape index (κ3) is 5.49. The van der Waals surface area contributed by atoms with E-state index in [9.17, 15) is 18.3 Å². The SMILES string of the molecule is COc1ccc(CN2CCN(C(=O)c3ccc(CS(=O)(=O)c4cccc5cccnc45)cc3)CC2)cc1O. The third-order valence-corrected chi connectivity index (χ3v) is 8.51. The molecule has 1 amide bonds. The molecule has 1 aromatic heterocycles. The van der Waals surface area contributed by atoms with Crippen LogP contribution in [0.5, 0.6) is 11.5 Å². The lowest BCUT2D eigenvalue weighted by Crippen LogP contribution is -2.48. The topological polar surface area (TPSA) is 100 Å². The molecule has 9 heteroatoms. The molecule has 8 nitrogen and oxygen atoms in total. The molecule has 0 bridgehead atoms. The number of hydrogen-bond acceptors (Lipinski definition) is 7. The van der Waals surface area contributed by atoms with E-state index >= 15 is 0 Å². The van der Waals surface area contributed by atoms with Crippen LogP contribution >= 0.6 is 0 Å². The zero-order valence-electron chi connectivity index (χ0n) is 21.1. The number of carbonyl (C=O) groups excluding carboxylic acids is 1. The number of pyridine rings is 1. The molecule has 1 aliphatic heterocycles. The summed E-state index contributed by atoms with van der Waals surface area (Å²) in [5.74, 6) is 0.318. The number of aromatic hydroxyl groups is 1. The molecule has 196 valence electrons. The van der Waals surface area contributed by atoms with Gasteiger partial charge in [-0.25, -0.2) is 8.42 Å². The number of aromatic nitrogens is 1. The van der Waals surface area contributed by atoms with Crippen molar-refractivity contribution in [2.24, 2.45) is 0 Å². The fraction of sp³-hybridized carbons (Fsp3) is 0.241. The molecular formula is C29H29N3O5S. The van der Waals surface area contributed by atoms with E-state index in [4.69, 9.17) is 4.74 Å². The summed E-state index contributed by atoms with van der Waals surface area (Å²) in [7, 11) is -2.10. The van der Waals surface area contributed by atoms with Crippen molar-refractivity contribution in [2.75, 3.05) is 33.3 Å². The van der Waals surface area contributed by atoms with E-state index in [1.807, 2.05) is 23.1 Å². The molecule has 0 saturated carbocycles. The number of nitrogens with zero attached hydrogens (tertiary/aromatic N) is 3. The number of sulfone groups is 1. The van der Waals surface area contributed by atoms with Crippen LogP contribution in [0.25, 0.3) is 10.9 Å². The number of fused-ring (bicyclic) bond motifs is 1. The Morgan fingerprint density at radius 1 is 0.947 bits per heavy atom. The van der Waals surface area contributed by atoms with Crippen LogP contribution in [-0.4, -0.2) is 67.5 Å². The van der Waals surface area contributed by atoms with Gasteiger partial charge in [-0.3, -0.25) is 14.7 Å². The van der Waals surface area contributed by atoms with Crippen LogP contribution in [0.2, 0.25) is 0 Å². The van der Waals surface area contributed by atoms with Crippen LogP contribution in [0.4, 0.5) is 0 Å². The van der Waals surface area contributed by atoms with E-state index in [1.165, 1.54) is 7.11 Å². The summed E-state index contributed by atoms with van der Waals surface area (Å²) in [6, 6.07) is 20.9. The van der Waals surface area contributed by atoms with Crippen molar-refractivity contribution in [2.45, 2.75) is 17.2 Å². The fourth-order valence-corrected chi connectivity index (χ4v) is 6.29. The molecular weight excluding hydrogens is 502 g/mol. The molecule has 0 atom stereocenters. The van der Waals surface area contributed by atoms with Crippen LogP contribution in [0.15, 0.2) is 83.9 Å². The maximum absolute atomic E-state index is 13.2. The predicted molar refractivity (Wildman–Crippen MR) is 145 cm³/mol. The third-order valence-electron chi connectivity index (χ3n) is 6.80. The Bertz CT molecular complexity index is 1560. The van der Waals surface area contributed by atoms with Crippen molar-refractivity contribution in [1.82, 2.24) is 14.8 Å². The minimum atomic E-state index is -3.62. The van der Waals surface area contributed by atoms with Crippen molar-refractivity contribution in [1.29, 1.82) is 0 Å². The van der Waals surface area contributed by atoms with Gasteiger partial charge in [0.2, 0.25) is 0 Å². The first-order valence-corrected chi connectivity index (χ1v) is 14.0. The number of carbonyl (C=O) groups is 1. The zero-order valence-corrected chi connectivity index (χ0v) is 21.9. The molecule has 1 saturated heterocycles. The molecule has 0 radical (unpaired) electrons. The molecule has 5 rings (SSSR count). The number of methoxy groups -OCH3 is 1. The van der Waals surface area contributed by atoms with Crippen molar-refractivity contribution >= 4 is 26.6 Å². The summed E-state index contributed by atoms with van der Waals surface area (Å²) in [5, 5.41) is 10.8. The van der Waals surface area contributed by atoms with Gasteiger partial charge in [-0.2, -0.15) is 0 Å². The Balaban J connectivity index is 1.20. The van der Waals surface area contributed by atoms with Crippen molar-refractivity contribution < 1.29 is 23.1 Å². The van der Waals surface area contributed by atoms with E-state index < -0.39 is 9.84 Å². The lowest BCUT2D eigenvalue weighted by atomic mass is 10.1. The van der Waals surface area contributed by atoms with Crippen LogP contribution in [0.1, 0.15) is 21.5 Å². The zero-order chi connectivity index (χ0) is 26.7. The highest BCUT2D eigenvalue weighted by Gasteiger charge is 2.23. The number of para-hydroxylation sites is 1. The number of piperazine rings is 1. The Hall–Kier alpha value is -3.95. The summed E-state index contributed by atoms with van der Waals surface area (Å²) in [5.41, 5.74) is 2.59. The van der Waals surface area contributed by atoms with Crippen molar-refractivity contribution in [3.63, 3.8) is 0 Å². The van der Waals surface area contributed by atoms with Crippen molar-refractivity contribution in [3.05, 3.63) is 95.7 Å². The standard InChI is InChI=1S/C29H29N3O5S/c1-37-26-12-9-22(18-25(26)33)19-31-14-16-32(17-15-31)29(34)24-10-7-21(8-11-24)20-38(35,36)27-6-2-4-23-5-3-13-30-28(23)27/h2-13,18,33H,14-17,19-20H2,1H3. The maximum Gasteiger partial charge on any atom is 0.253 e. The first kappa shape index (κ1) is 25.7. The van der Waals surface area contributed by atoms with Gasteiger partial charge in [0.05, 0.1) is 23.3 Å². The Morgan fingerprint density at radius 2 is 1.66 bits per heavy atom. The molecule has 1 fully saturated rings. The normalized spacial score (nSPS) is 14.5. The lowest BCUT2D eigenvalue weighted by molar-refractivity contribution is 0.0628. The van der Waals surface area contributed by atoms with Crippen LogP contribution in [0, 0.1) is 0 Å². The van der Waals surface area contributed by atoms with E-state index in [0.29, 0.717) is 55.1 Å². The molecule has 4 aromatic rings. The quantitative estimate of drug-likeness (QED) is 0.386. The minimum absolute atomic E-state index is 0.0700. The molecule has 0 spiro atoms. The Kier molecular flexibility index (Phi) is 7.31. The number of hydrogen-bond donors (Lipinski definition) is 1. The number of ether oxygens (including phenoxy) is 1. The highest BCUT2D eigenvalue weighted by Crippen LogP contribution is 2.27. The van der Waals surface area contributed by atoms with E-state index in [2.05, 4.69) is 9.88 Å². The molecule has 0 unspecified atom stereocenters. The van der Waals surface area contributed by atoms with Crippen LogP contribution in [0.3, 0.4) is 0 Å². The summed E-state index contributed by atoms with van der Waals surface area (Å²) in [4.78, 5) is 21.6. The van der Waals surface area contributed by atoms with E-state index in [0.717, 1.165) is 10.9 Å². The molecule has 1 aliphatic rings. The number of benzene rings is 3. The smallest absolute Gasteiger partial charge is 0.253 e. The van der Waals surface area contributed by atoms with Gasteiger partial charge in [-0.1, -0.05) is 36.4 Å². The summed E-state index contributed by atoms with van der Waals surface area (Å²) >= 11 is 0. The number of amides is 1. The molecule has 2 heterocycles. The Labute approximate surface area is 222 Å². The number of rotatable bonds is 7. The van der Waals surface area contributed by atoms with Gasteiger partial charge in [0.25, 0.3) is 5.91 Å². The summed E-state index contributed by atoms with van der Waals surface area (Å²) < 4.78 is 31.4. The van der Waals surface area contributed by atoms with Gasteiger partial charge >= 0.3 is 0 Å². The van der Waals surface area contributed by atoms with Gasteiger partial charge in [0.15, 0.2) is 21.3 Å². The highest BCUT2D eigenvalue weighted by atomic mass is 32.2. The molecule has 38 heavy (non-hydrogen) atoms. The second-order valence-corrected chi connectivity index (χ2v) is 11.3. The average molecular weight is 532 g/mol. The first-order valence-electron chi connectivity index (χ1n) is 12.4. The minimum Gasteiger partial charge on any atom is -0.504 e. The molecule has 0 aliphatic carbocycles. The van der Waals surface area contributed by atoms with Gasteiger partial charge in [-0.15, -0.1) is 0 Å². The van der Waals surface area contributed by atoms with Gasteiger partial charge < -0.3 is 14.7 Å². The monoisotopic (exact) mass is 531 g/mol. The average Bonchev–Trinajstić information content (AvgIpc) is 2.93. The highest BCUT2D eigenvalue weighted by molar-refractivity contribution is 7.90. The van der Waals surface area contributed by atoms with Crippen LogP contribution < -0.4 is 4.74 Å². The van der Waals surface area contributed by atoms with Gasteiger partial charge in [0, 0.05) is 49.9 Å². The second kappa shape index (κ2) is 10.8. The fourth-order valence-electron chi connectivity index (χ4n) is 4.75. The van der Waals surface area contributed by atoms with Crippen molar-refractivity contribution in [3.8, 4) is 11.5 Å². The predicted octanol–water partition coefficient (Wildman–Crippen LogP) is 3.88. The van der Waals surface area contributed by atoms with Gasteiger partial charge in [0.1, 0.15) is 0 Å². The van der Waals surface area contributed by atoms with Crippen LogP contribution in [-0.2, 0) is 22.1 Å². The second-order valence-electron chi connectivity index (χ2n) is 9.36. The molecule has 1 N–H and O–H groups in total. The number of phenolic OH excluding ortho intramolecular Hbond substituents is 1. The largest absolute Gasteiger partial charge is 0.504 e. The van der Waals surface area contributed by atoms with E-state index in [-0.39, 0.29) is 22.3 Å². The summed E-state index contributed by atoms with van der Waals surface area (Å²) in [6.45, 7) is 3.28. The lowest BCUT2D eigenvalue weighted by Gasteiger charge is -2.34. The molecule has 3 aromatic carbocycles. The maximum atomic E-state index is 13.2.